The fourth-order valence-corrected chi connectivity index (χ4v) is 2.35. The van der Waals surface area contributed by atoms with Crippen molar-refractivity contribution in [1.29, 1.82) is 0 Å². The van der Waals surface area contributed by atoms with Gasteiger partial charge in [0.05, 0.1) is 0 Å². The molecule has 0 saturated heterocycles. The fourth-order valence-electron chi connectivity index (χ4n) is 2.18. The lowest BCUT2D eigenvalue weighted by Crippen LogP contribution is -2.11. The molecule has 2 aromatic carbocycles. The molecule has 2 aromatic heterocycles. The molecule has 124 valence electrons. The van der Waals surface area contributed by atoms with Crippen LogP contribution in [-0.2, 0) is 0 Å². The number of H-pyrrole nitrogens is 1. The third-order valence-corrected chi connectivity index (χ3v) is 3.52. The number of aromatic hydroxyl groups is 1. The van der Waals surface area contributed by atoms with E-state index in [0.717, 1.165) is 6.33 Å². The van der Waals surface area contributed by atoms with Crippen LogP contribution in [0.2, 0.25) is 5.02 Å². The smallest absolute Gasteiger partial charge is 0.350 e. The Kier molecular flexibility index (Phi) is 3.55. The van der Waals surface area contributed by atoms with E-state index in [-0.39, 0.29) is 17.5 Å². The summed E-state index contributed by atoms with van der Waals surface area (Å²) in [4.78, 5) is 21.9. The first-order valence-electron chi connectivity index (χ1n) is 7.04. The van der Waals surface area contributed by atoms with Crippen molar-refractivity contribution in [1.82, 2.24) is 29.9 Å². The average Bonchev–Trinajstić information content (AvgIpc) is 2.97. The number of halogens is 1. The Morgan fingerprint density at radius 1 is 1.08 bits per heavy atom. The van der Waals surface area contributed by atoms with Gasteiger partial charge in [0, 0.05) is 11.1 Å². The van der Waals surface area contributed by atoms with E-state index in [0.29, 0.717) is 21.7 Å². The predicted molar refractivity (Wildman–Crippen MR) is 88.3 cm³/mol. The number of aromatic amines is 1. The molecular weight excluding hydrogens is 348 g/mol. The molecule has 0 aliphatic carbocycles. The number of nitrogens with zero attached hydrogens (tertiary/aromatic N) is 5. The van der Waals surface area contributed by atoms with Gasteiger partial charge >= 0.3 is 11.7 Å². The number of ether oxygens (including phenoxy) is 1. The Labute approximate surface area is 144 Å². The number of nitrogens with one attached hydrogen (secondary N) is 1. The number of fused-ring (bicyclic) bond motifs is 1. The maximum absolute atomic E-state index is 11.1. The minimum atomic E-state index is -0.586. The number of phenols is 1. The van der Waals surface area contributed by atoms with Gasteiger partial charge in [-0.1, -0.05) is 11.6 Å². The van der Waals surface area contributed by atoms with Gasteiger partial charge < -0.3 is 9.84 Å². The van der Waals surface area contributed by atoms with Gasteiger partial charge in [0.25, 0.3) is 0 Å². The molecule has 0 radical (unpaired) electrons. The molecule has 25 heavy (non-hydrogen) atoms. The van der Waals surface area contributed by atoms with E-state index in [1.54, 1.807) is 30.3 Å². The van der Waals surface area contributed by atoms with Crippen molar-refractivity contribution in [2.75, 3.05) is 0 Å². The van der Waals surface area contributed by atoms with Gasteiger partial charge in [-0.3, -0.25) is 4.98 Å². The molecule has 2 heterocycles. The van der Waals surface area contributed by atoms with E-state index in [2.05, 4.69) is 25.1 Å². The Balaban J connectivity index is 1.67. The first kappa shape index (κ1) is 15.1. The molecular formula is C15H9ClN6O3. The van der Waals surface area contributed by atoms with Gasteiger partial charge in [0.15, 0.2) is 0 Å². The van der Waals surface area contributed by atoms with Gasteiger partial charge in [-0.25, -0.2) is 4.79 Å². The molecule has 0 spiro atoms. The van der Waals surface area contributed by atoms with Crippen LogP contribution in [-0.4, -0.2) is 35.1 Å². The molecule has 0 aliphatic rings. The van der Waals surface area contributed by atoms with Crippen LogP contribution in [0.3, 0.4) is 0 Å². The quantitative estimate of drug-likeness (QED) is 0.576. The van der Waals surface area contributed by atoms with Crippen molar-refractivity contribution in [3.63, 3.8) is 0 Å². The van der Waals surface area contributed by atoms with Gasteiger partial charge in [0.1, 0.15) is 34.5 Å². The maximum Gasteiger partial charge on any atom is 0.350 e. The number of benzene rings is 2. The Bertz CT molecular complexity index is 1140. The van der Waals surface area contributed by atoms with Crippen LogP contribution in [0.15, 0.2) is 47.5 Å². The van der Waals surface area contributed by atoms with Gasteiger partial charge in [0.2, 0.25) is 0 Å². The highest BCUT2D eigenvalue weighted by Gasteiger charge is 2.11. The zero-order chi connectivity index (χ0) is 17.4. The van der Waals surface area contributed by atoms with Gasteiger partial charge in [-0.05, 0) is 30.3 Å². The van der Waals surface area contributed by atoms with E-state index in [1.165, 1.54) is 10.9 Å². The van der Waals surface area contributed by atoms with E-state index >= 15 is 0 Å². The van der Waals surface area contributed by atoms with Gasteiger partial charge in [-0.15, -0.1) is 15.0 Å². The minimum absolute atomic E-state index is 0.0373. The molecule has 0 saturated carbocycles. The van der Waals surface area contributed by atoms with Crippen molar-refractivity contribution in [2.45, 2.75) is 0 Å². The van der Waals surface area contributed by atoms with Crippen LogP contribution in [0.25, 0.3) is 16.7 Å². The Hall–Kier alpha value is -3.46. The van der Waals surface area contributed by atoms with E-state index in [1.807, 2.05) is 0 Å². The normalized spacial score (nSPS) is 10.9. The molecule has 4 aromatic rings. The van der Waals surface area contributed by atoms with Crippen LogP contribution in [0, 0.1) is 0 Å². The minimum Gasteiger partial charge on any atom is -0.505 e. The van der Waals surface area contributed by atoms with E-state index < -0.39 is 5.69 Å². The molecule has 0 bridgehead atoms. The third-order valence-electron chi connectivity index (χ3n) is 3.28. The predicted octanol–water partition coefficient (Wildman–Crippen LogP) is 2.05. The first-order chi connectivity index (χ1) is 12.1. The molecule has 9 nitrogen and oxygen atoms in total. The molecule has 2 N–H and O–H groups in total. The second-order valence-corrected chi connectivity index (χ2v) is 5.42. The highest BCUT2D eigenvalue weighted by molar-refractivity contribution is 6.31. The summed E-state index contributed by atoms with van der Waals surface area (Å²) < 4.78 is 5.37. The number of rotatable bonds is 3. The van der Waals surface area contributed by atoms with Crippen molar-refractivity contribution < 1.29 is 9.84 Å². The van der Waals surface area contributed by atoms with Crippen LogP contribution >= 0.6 is 11.6 Å². The highest BCUT2D eigenvalue weighted by Crippen LogP contribution is 2.28. The summed E-state index contributed by atoms with van der Waals surface area (Å²) >= 11 is 5.94. The third kappa shape index (κ3) is 3.00. The van der Waals surface area contributed by atoms with Crippen molar-refractivity contribution >= 4 is 22.6 Å². The first-order valence-corrected chi connectivity index (χ1v) is 7.41. The molecule has 4 rings (SSSR count). The second-order valence-electron chi connectivity index (χ2n) is 4.98. The summed E-state index contributed by atoms with van der Waals surface area (Å²) in [7, 11) is 0. The van der Waals surface area contributed by atoms with Crippen LogP contribution in [0.5, 0.6) is 17.5 Å². The molecule has 0 amide bonds. The zero-order valence-electron chi connectivity index (χ0n) is 12.4. The SMILES string of the molecule is O=c1ncnc(Oc2ccc(-n3nc4ccc(Cl)cc4n3)c(O)c2)[nH]1. The molecule has 0 fully saturated rings. The summed E-state index contributed by atoms with van der Waals surface area (Å²) in [5, 5.41) is 19.4. The summed E-state index contributed by atoms with van der Waals surface area (Å²) in [6, 6.07) is 9.60. The molecule has 0 unspecified atom stereocenters. The van der Waals surface area contributed by atoms with Crippen LogP contribution in [0.4, 0.5) is 0 Å². The second kappa shape index (κ2) is 5.87. The lowest BCUT2D eigenvalue weighted by atomic mass is 10.3. The number of phenolic OH excluding ortho intramolecular Hbond substituents is 1. The maximum atomic E-state index is 11.1. The average molecular weight is 357 g/mol. The lowest BCUT2D eigenvalue weighted by Gasteiger charge is -2.07. The van der Waals surface area contributed by atoms with E-state index in [4.69, 9.17) is 16.3 Å². The number of hydrogen-bond acceptors (Lipinski definition) is 7. The standard InChI is InChI=1S/C15H9ClN6O3/c16-8-1-3-10-11(5-8)21-22(20-10)12-4-2-9(6-13(12)23)25-15-18-7-17-14(24)19-15/h1-7,23H,(H,17,18,19,24). The monoisotopic (exact) mass is 356 g/mol. The van der Waals surface area contributed by atoms with Crippen molar-refractivity contribution in [3.05, 3.63) is 58.2 Å². The molecule has 0 aliphatic heterocycles. The summed E-state index contributed by atoms with van der Waals surface area (Å²) in [5.41, 5.74) is 1.02. The van der Waals surface area contributed by atoms with Crippen LogP contribution in [0.1, 0.15) is 0 Å². The molecule has 10 heteroatoms. The zero-order valence-corrected chi connectivity index (χ0v) is 13.2. The van der Waals surface area contributed by atoms with Crippen molar-refractivity contribution in [2.24, 2.45) is 0 Å². The Morgan fingerprint density at radius 2 is 1.92 bits per heavy atom. The van der Waals surface area contributed by atoms with Crippen molar-refractivity contribution in [3.8, 4) is 23.2 Å². The summed E-state index contributed by atoms with van der Waals surface area (Å²) in [6.45, 7) is 0. The van der Waals surface area contributed by atoms with E-state index in [9.17, 15) is 9.90 Å². The fraction of sp³-hybridized carbons (Fsp3) is 0. The van der Waals surface area contributed by atoms with Gasteiger partial charge in [-0.2, -0.15) is 9.97 Å². The number of aromatic nitrogens is 6. The summed E-state index contributed by atoms with van der Waals surface area (Å²) in [5.74, 6) is 0.163. The highest BCUT2D eigenvalue weighted by atomic mass is 35.5. The summed E-state index contributed by atoms with van der Waals surface area (Å²) in [6.07, 6.45) is 1.08. The Morgan fingerprint density at radius 3 is 2.72 bits per heavy atom. The lowest BCUT2D eigenvalue weighted by molar-refractivity contribution is 0.425. The largest absolute Gasteiger partial charge is 0.505 e. The molecule has 0 atom stereocenters. The topological polar surface area (TPSA) is 119 Å². The van der Waals surface area contributed by atoms with Crippen LogP contribution < -0.4 is 10.4 Å². The number of hydrogen-bond donors (Lipinski definition) is 2.